The van der Waals surface area contributed by atoms with E-state index < -0.39 is 5.92 Å². The summed E-state index contributed by atoms with van der Waals surface area (Å²) in [7, 11) is 0. The molecule has 3 N–H and O–H groups in total. The van der Waals surface area contributed by atoms with Crippen molar-refractivity contribution in [3.8, 4) is 6.07 Å². The molecule has 1 unspecified atom stereocenters. The predicted octanol–water partition coefficient (Wildman–Crippen LogP) is 1.37. The van der Waals surface area contributed by atoms with Crippen LogP contribution in [0.2, 0.25) is 0 Å². The van der Waals surface area contributed by atoms with Crippen molar-refractivity contribution in [2.24, 2.45) is 0 Å². The zero-order valence-corrected chi connectivity index (χ0v) is 7.35. The van der Waals surface area contributed by atoms with Gasteiger partial charge in [-0.25, -0.2) is 4.98 Å². The lowest BCUT2D eigenvalue weighted by Crippen LogP contribution is -2.05. The first-order valence-electron chi connectivity index (χ1n) is 3.30. The number of anilines is 1. The van der Waals surface area contributed by atoms with E-state index in [0.717, 1.165) is 0 Å². The highest BCUT2D eigenvalue weighted by atomic mass is 32.1. The molecule has 1 rings (SSSR count). The lowest BCUT2D eigenvalue weighted by molar-refractivity contribution is 1.05. The van der Waals surface area contributed by atoms with Gasteiger partial charge >= 0.3 is 0 Å². The number of nitrogens with zero attached hydrogens (tertiary/aromatic N) is 2. The standard InChI is InChI=1S/C7H8N4S/c1-4(9)5(2-8)6-3-12-7(10)11-6/h3,5,9H,1H3,(H2,10,11). The first-order chi connectivity index (χ1) is 5.65. The van der Waals surface area contributed by atoms with Crippen molar-refractivity contribution in [2.75, 3.05) is 5.73 Å². The molecule has 0 spiro atoms. The molecule has 0 saturated carbocycles. The van der Waals surface area contributed by atoms with Crippen molar-refractivity contribution >= 4 is 22.2 Å². The quantitative estimate of drug-likeness (QED) is 0.674. The van der Waals surface area contributed by atoms with Crippen LogP contribution in [0.4, 0.5) is 5.13 Å². The smallest absolute Gasteiger partial charge is 0.180 e. The van der Waals surface area contributed by atoms with Crippen LogP contribution in [0.15, 0.2) is 5.38 Å². The van der Waals surface area contributed by atoms with Gasteiger partial charge in [-0.3, -0.25) is 0 Å². The minimum Gasteiger partial charge on any atom is -0.375 e. The summed E-state index contributed by atoms with van der Waals surface area (Å²) < 4.78 is 0. The van der Waals surface area contributed by atoms with Crippen molar-refractivity contribution in [3.63, 3.8) is 0 Å². The van der Waals surface area contributed by atoms with Gasteiger partial charge in [0, 0.05) is 11.1 Å². The highest BCUT2D eigenvalue weighted by Crippen LogP contribution is 2.20. The van der Waals surface area contributed by atoms with Crippen LogP contribution in [0, 0.1) is 16.7 Å². The van der Waals surface area contributed by atoms with Crippen LogP contribution >= 0.6 is 11.3 Å². The third-order valence-corrected chi connectivity index (χ3v) is 2.09. The second-order valence-corrected chi connectivity index (χ2v) is 3.25. The fourth-order valence-electron chi connectivity index (χ4n) is 0.818. The average Bonchev–Trinajstić information content (AvgIpc) is 2.37. The van der Waals surface area contributed by atoms with Gasteiger partial charge in [-0.1, -0.05) is 0 Å². The number of nitriles is 1. The normalized spacial score (nSPS) is 12.0. The van der Waals surface area contributed by atoms with Crippen LogP contribution in [0.25, 0.3) is 0 Å². The summed E-state index contributed by atoms with van der Waals surface area (Å²) in [6, 6.07) is 2.00. The lowest BCUT2D eigenvalue weighted by atomic mass is 10.0. The highest BCUT2D eigenvalue weighted by Gasteiger charge is 2.15. The average molecular weight is 180 g/mol. The molecule has 0 aliphatic carbocycles. The van der Waals surface area contributed by atoms with E-state index in [1.807, 2.05) is 6.07 Å². The summed E-state index contributed by atoms with van der Waals surface area (Å²) in [6.07, 6.45) is 0. The molecule has 12 heavy (non-hydrogen) atoms. The maximum atomic E-state index is 8.69. The number of hydrogen-bond acceptors (Lipinski definition) is 5. The van der Waals surface area contributed by atoms with Crippen molar-refractivity contribution in [3.05, 3.63) is 11.1 Å². The second-order valence-electron chi connectivity index (χ2n) is 2.36. The predicted molar refractivity (Wildman–Crippen MR) is 48.3 cm³/mol. The summed E-state index contributed by atoms with van der Waals surface area (Å²) >= 11 is 1.28. The maximum absolute atomic E-state index is 8.69. The van der Waals surface area contributed by atoms with Crippen molar-refractivity contribution < 1.29 is 0 Å². The van der Waals surface area contributed by atoms with Crippen LogP contribution in [0.5, 0.6) is 0 Å². The van der Waals surface area contributed by atoms with Gasteiger partial charge in [-0.05, 0) is 6.92 Å². The molecular weight excluding hydrogens is 172 g/mol. The zero-order valence-electron chi connectivity index (χ0n) is 6.53. The number of nitrogens with two attached hydrogens (primary N) is 1. The van der Waals surface area contributed by atoms with E-state index in [4.69, 9.17) is 16.4 Å². The summed E-state index contributed by atoms with van der Waals surface area (Å²) in [6.45, 7) is 1.59. The Bertz CT molecular complexity index is 335. The molecule has 5 heteroatoms. The molecule has 1 heterocycles. The topological polar surface area (TPSA) is 86.5 Å². The van der Waals surface area contributed by atoms with E-state index in [9.17, 15) is 0 Å². The minimum atomic E-state index is -0.543. The van der Waals surface area contributed by atoms with Gasteiger partial charge in [0.05, 0.1) is 11.8 Å². The minimum absolute atomic E-state index is 0.294. The number of thiazole rings is 1. The molecule has 0 radical (unpaired) electrons. The lowest BCUT2D eigenvalue weighted by Gasteiger charge is -2.00. The molecular formula is C7H8N4S. The van der Waals surface area contributed by atoms with Gasteiger partial charge in [0.2, 0.25) is 0 Å². The summed E-state index contributed by atoms with van der Waals surface area (Å²) in [5, 5.41) is 18.1. The Morgan fingerprint density at radius 3 is 2.92 bits per heavy atom. The molecule has 1 aromatic heterocycles. The number of nitrogen functional groups attached to an aromatic ring is 1. The van der Waals surface area contributed by atoms with E-state index in [2.05, 4.69) is 4.98 Å². The highest BCUT2D eigenvalue weighted by molar-refractivity contribution is 7.13. The summed E-state index contributed by atoms with van der Waals surface area (Å²) in [4.78, 5) is 3.94. The summed E-state index contributed by atoms with van der Waals surface area (Å²) in [5.41, 5.74) is 6.27. The van der Waals surface area contributed by atoms with Gasteiger partial charge in [0.1, 0.15) is 5.92 Å². The van der Waals surface area contributed by atoms with E-state index in [1.54, 1.807) is 12.3 Å². The number of hydrogen-bond donors (Lipinski definition) is 2. The molecule has 4 nitrogen and oxygen atoms in total. The Kier molecular flexibility index (Phi) is 2.41. The van der Waals surface area contributed by atoms with Gasteiger partial charge in [-0.15, -0.1) is 11.3 Å². The van der Waals surface area contributed by atoms with Crippen LogP contribution in [-0.2, 0) is 0 Å². The molecule has 62 valence electrons. The van der Waals surface area contributed by atoms with E-state index in [0.29, 0.717) is 16.5 Å². The van der Waals surface area contributed by atoms with Crippen molar-refractivity contribution in [2.45, 2.75) is 12.8 Å². The number of rotatable bonds is 2. The Morgan fingerprint density at radius 1 is 1.92 bits per heavy atom. The van der Waals surface area contributed by atoms with Gasteiger partial charge < -0.3 is 11.1 Å². The molecule has 0 saturated heterocycles. The van der Waals surface area contributed by atoms with Gasteiger partial charge in [0.15, 0.2) is 5.13 Å². The summed E-state index contributed by atoms with van der Waals surface area (Å²) in [5.74, 6) is -0.543. The maximum Gasteiger partial charge on any atom is 0.180 e. The number of nitrogens with one attached hydrogen (secondary N) is 1. The molecule has 0 fully saturated rings. The Labute approximate surface area is 74.2 Å². The van der Waals surface area contributed by atoms with Crippen molar-refractivity contribution in [1.29, 1.82) is 10.7 Å². The zero-order chi connectivity index (χ0) is 9.14. The largest absolute Gasteiger partial charge is 0.375 e. The van der Waals surface area contributed by atoms with E-state index in [-0.39, 0.29) is 0 Å². The molecule has 0 aromatic carbocycles. The molecule has 0 aliphatic heterocycles. The van der Waals surface area contributed by atoms with E-state index >= 15 is 0 Å². The van der Waals surface area contributed by atoms with Gasteiger partial charge in [-0.2, -0.15) is 5.26 Å². The third-order valence-electron chi connectivity index (χ3n) is 1.40. The van der Waals surface area contributed by atoms with Crippen LogP contribution in [0.3, 0.4) is 0 Å². The van der Waals surface area contributed by atoms with Crippen LogP contribution in [0.1, 0.15) is 18.5 Å². The fraction of sp³-hybridized carbons (Fsp3) is 0.286. The number of aromatic nitrogens is 1. The molecule has 0 amide bonds. The molecule has 1 atom stereocenters. The second kappa shape index (κ2) is 3.32. The Hall–Kier alpha value is -1.41. The molecule has 0 aliphatic rings. The fourth-order valence-corrected chi connectivity index (χ4v) is 1.41. The van der Waals surface area contributed by atoms with Crippen LogP contribution < -0.4 is 5.73 Å². The first-order valence-corrected chi connectivity index (χ1v) is 4.18. The monoisotopic (exact) mass is 180 g/mol. The Balaban J connectivity index is 2.97. The SMILES string of the molecule is CC(=N)C(C#N)c1csc(N)n1. The third kappa shape index (κ3) is 1.60. The van der Waals surface area contributed by atoms with E-state index in [1.165, 1.54) is 11.3 Å². The van der Waals surface area contributed by atoms with Gasteiger partial charge in [0.25, 0.3) is 0 Å². The van der Waals surface area contributed by atoms with Crippen LogP contribution in [-0.4, -0.2) is 10.7 Å². The molecule has 0 bridgehead atoms. The van der Waals surface area contributed by atoms with Crippen molar-refractivity contribution in [1.82, 2.24) is 4.98 Å². The molecule has 1 aromatic rings. The Morgan fingerprint density at radius 2 is 2.58 bits per heavy atom. The first kappa shape index (κ1) is 8.68.